The van der Waals surface area contributed by atoms with Crippen LogP contribution >= 0.6 is 34.5 Å². The Balaban J connectivity index is 1.34. The number of carbonyl (C=O) groups is 2. The Morgan fingerprint density at radius 2 is 1.77 bits per heavy atom. The normalized spacial score (nSPS) is 22.4. The largest absolute Gasteiger partial charge is 0.339 e. The van der Waals surface area contributed by atoms with Gasteiger partial charge < -0.3 is 9.80 Å². The highest BCUT2D eigenvalue weighted by Crippen LogP contribution is 2.50. The van der Waals surface area contributed by atoms with Crippen molar-refractivity contribution in [2.75, 3.05) is 26.2 Å². The summed E-state index contributed by atoms with van der Waals surface area (Å²) < 4.78 is 0. The molecule has 4 rings (SSSR count). The number of halogens is 2. The molecule has 2 amide bonds. The van der Waals surface area contributed by atoms with Crippen molar-refractivity contribution in [3.05, 3.63) is 56.2 Å². The lowest BCUT2D eigenvalue weighted by Crippen LogP contribution is -2.51. The Hall–Kier alpha value is -1.56. The van der Waals surface area contributed by atoms with Gasteiger partial charge in [0.1, 0.15) is 0 Å². The van der Waals surface area contributed by atoms with Gasteiger partial charge >= 0.3 is 0 Å². The maximum Gasteiger partial charge on any atom is 0.255 e. The van der Waals surface area contributed by atoms with Gasteiger partial charge in [-0.15, -0.1) is 11.3 Å². The molecule has 1 aliphatic heterocycles. The molecule has 2 fully saturated rings. The quantitative estimate of drug-likeness (QED) is 0.765. The molecule has 2 aliphatic rings. The molecule has 0 bridgehead atoms. The van der Waals surface area contributed by atoms with Crippen molar-refractivity contribution in [1.82, 2.24) is 9.80 Å². The smallest absolute Gasteiger partial charge is 0.255 e. The van der Waals surface area contributed by atoms with Gasteiger partial charge in [0, 0.05) is 47.9 Å². The zero-order valence-electron chi connectivity index (χ0n) is 14.0. The standard InChI is InChI=1S/C19H18Cl2N2O2S/c20-12-3-4-13(16(21)10-12)18(24)22-5-7-23(8-6-22)19(25)15-11-14(15)17-2-1-9-26-17/h1-4,9-10,14-15H,5-8,11H2. The lowest BCUT2D eigenvalue weighted by molar-refractivity contribution is -0.134. The number of amides is 2. The van der Waals surface area contributed by atoms with Crippen molar-refractivity contribution in [2.24, 2.45) is 5.92 Å². The fourth-order valence-electron chi connectivity index (χ4n) is 3.48. The van der Waals surface area contributed by atoms with Crippen LogP contribution in [0.2, 0.25) is 10.0 Å². The van der Waals surface area contributed by atoms with Crippen LogP contribution in [-0.2, 0) is 4.79 Å². The lowest BCUT2D eigenvalue weighted by Gasteiger charge is -2.35. The molecule has 1 saturated carbocycles. The number of hydrogen-bond donors (Lipinski definition) is 0. The first kappa shape index (κ1) is 17.8. The highest BCUT2D eigenvalue weighted by Gasteiger charge is 2.46. The average Bonchev–Trinajstić information content (AvgIpc) is 3.25. The fraction of sp³-hybridized carbons (Fsp3) is 0.368. The topological polar surface area (TPSA) is 40.6 Å². The molecule has 26 heavy (non-hydrogen) atoms. The van der Waals surface area contributed by atoms with E-state index in [1.54, 1.807) is 34.4 Å². The van der Waals surface area contributed by atoms with E-state index in [1.807, 2.05) is 11.0 Å². The molecule has 136 valence electrons. The Kier molecular flexibility index (Phi) is 4.95. The number of nitrogens with zero attached hydrogens (tertiary/aromatic N) is 2. The van der Waals surface area contributed by atoms with E-state index in [9.17, 15) is 9.59 Å². The van der Waals surface area contributed by atoms with Gasteiger partial charge in [-0.2, -0.15) is 0 Å². The third-order valence-electron chi connectivity index (χ3n) is 5.06. The zero-order chi connectivity index (χ0) is 18.3. The Labute approximate surface area is 166 Å². The van der Waals surface area contributed by atoms with Crippen molar-refractivity contribution in [3.63, 3.8) is 0 Å². The van der Waals surface area contributed by atoms with Crippen LogP contribution in [0.25, 0.3) is 0 Å². The summed E-state index contributed by atoms with van der Waals surface area (Å²) in [4.78, 5) is 30.3. The predicted octanol–water partition coefficient (Wildman–Crippen LogP) is 4.14. The minimum absolute atomic E-state index is 0.110. The van der Waals surface area contributed by atoms with E-state index in [2.05, 4.69) is 11.4 Å². The summed E-state index contributed by atoms with van der Waals surface area (Å²) in [5.74, 6) is 0.610. The van der Waals surface area contributed by atoms with E-state index < -0.39 is 0 Å². The predicted molar refractivity (Wildman–Crippen MR) is 104 cm³/mol. The summed E-state index contributed by atoms with van der Waals surface area (Å²) in [6, 6.07) is 9.04. The number of carbonyl (C=O) groups excluding carboxylic acids is 2. The van der Waals surface area contributed by atoms with Crippen molar-refractivity contribution in [1.29, 1.82) is 0 Å². The van der Waals surface area contributed by atoms with Crippen LogP contribution in [0.1, 0.15) is 27.6 Å². The molecule has 1 aromatic carbocycles. The Morgan fingerprint density at radius 3 is 2.42 bits per heavy atom. The molecule has 2 atom stereocenters. The molecule has 7 heteroatoms. The van der Waals surface area contributed by atoms with Gasteiger partial charge in [0.2, 0.25) is 5.91 Å². The summed E-state index contributed by atoms with van der Waals surface area (Å²) in [6.07, 6.45) is 0.943. The van der Waals surface area contributed by atoms with E-state index in [0.717, 1.165) is 6.42 Å². The average molecular weight is 409 g/mol. The number of thiophene rings is 1. The highest BCUT2D eigenvalue weighted by atomic mass is 35.5. The summed E-state index contributed by atoms with van der Waals surface area (Å²) >= 11 is 13.8. The van der Waals surface area contributed by atoms with Crippen molar-refractivity contribution < 1.29 is 9.59 Å². The second kappa shape index (κ2) is 7.22. The van der Waals surface area contributed by atoms with Crippen molar-refractivity contribution in [2.45, 2.75) is 12.3 Å². The van der Waals surface area contributed by atoms with Gasteiger partial charge in [-0.1, -0.05) is 29.3 Å². The molecule has 2 heterocycles. The van der Waals surface area contributed by atoms with Gasteiger partial charge in [0.05, 0.1) is 10.6 Å². The molecule has 1 saturated heterocycles. The molecule has 1 aromatic heterocycles. The first-order valence-corrected chi connectivity index (χ1v) is 10.2. The van der Waals surface area contributed by atoms with E-state index in [4.69, 9.17) is 23.2 Å². The summed E-state index contributed by atoms with van der Waals surface area (Å²) in [7, 11) is 0. The van der Waals surface area contributed by atoms with Gasteiger partial charge in [-0.05, 0) is 36.1 Å². The molecule has 0 N–H and O–H groups in total. The summed E-state index contributed by atoms with van der Waals surface area (Å²) in [5.41, 5.74) is 0.454. The number of rotatable bonds is 3. The second-order valence-corrected chi connectivity index (χ2v) is 8.53. The molecule has 2 unspecified atom stereocenters. The fourth-order valence-corrected chi connectivity index (χ4v) is 4.88. The van der Waals surface area contributed by atoms with Crippen LogP contribution in [0.5, 0.6) is 0 Å². The SMILES string of the molecule is O=C(c1ccc(Cl)cc1Cl)N1CCN(C(=O)C2CC2c2cccs2)CC1. The van der Waals surface area contributed by atoms with E-state index in [-0.39, 0.29) is 17.7 Å². The van der Waals surface area contributed by atoms with Crippen LogP contribution in [0.4, 0.5) is 0 Å². The van der Waals surface area contributed by atoms with Crippen molar-refractivity contribution >= 4 is 46.4 Å². The van der Waals surface area contributed by atoms with Crippen LogP contribution in [0, 0.1) is 5.92 Å². The molecule has 2 aromatic rings. The maximum absolute atomic E-state index is 12.7. The molecule has 0 spiro atoms. The van der Waals surface area contributed by atoms with E-state index in [1.165, 1.54) is 4.88 Å². The summed E-state index contributed by atoms with van der Waals surface area (Å²) in [6.45, 7) is 2.20. The van der Waals surface area contributed by atoms with Gasteiger partial charge in [0.15, 0.2) is 0 Å². The Morgan fingerprint density at radius 1 is 1.04 bits per heavy atom. The molecule has 4 nitrogen and oxygen atoms in total. The third kappa shape index (κ3) is 3.48. The zero-order valence-corrected chi connectivity index (χ0v) is 16.4. The molecular weight excluding hydrogens is 391 g/mol. The first-order chi connectivity index (χ1) is 12.5. The van der Waals surface area contributed by atoms with Crippen LogP contribution in [0.3, 0.4) is 0 Å². The van der Waals surface area contributed by atoms with Crippen molar-refractivity contribution in [3.8, 4) is 0 Å². The number of hydrogen-bond acceptors (Lipinski definition) is 3. The molecule has 0 radical (unpaired) electrons. The van der Waals surface area contributed by atoms with E-state index in [0.29, 0.717) is 47.7 Å². The minimum atomic E-state index is -0.110. The first-order valence-electron chi connectivity index (χ1n) is 8.61. The Bertz CT molecular complexity index is 832. The van der Waals surface area contributed by atoms with E-state index >= 15 is 0 Å². The summed E-state index contributed by atoms with van der Waals surface area (Å²) in [5, 5.41) is 2.92. The molecule has 1 aliphatic carbocycles. The maximum atomic E-state index is 12.7. The van der Waals surface area contributed by atoms with Crippen LogP contribution in [-0.4, -0.2) is 47.8 Å². The van der Waals surface area contributed by atoms with Gasteiger partial charge in [-0.3, -0.25) is 9.59 Å². The van der Waals surface area contributed by atoms with Crippen LogP contribution in [0.15, 0.2) is 35.7 Å². The monoisotopic (exact) mass is 408 g/mol. The van der Waals surface area contributed by atoms with Gasteiger partial charge in [0.25, 0.3) is 5.91 Å². The highest BCUT2D eigenvalue weighted by molar-refractivity contribution is 7.10. The molecular formula is C19H18Cl2N2O2S. The number of piperazine rings is 1. The van der Waals surface area contributed by atoms with Crippen LogP contribution < -0.4 is 0 Å². The third-order valence-corrected chi connectivity index (χ3v) is 6.61. The van der Waals surface area contributed by atoms with Gasteiger partial charge in [-0.25, -0.2) is 0 Å². The lowest BCUT2D eigenvalue weighted by atomic mass is 10.1. The minimum Gasteiger partial charge on any atom is -0.339 e. The second-order valence-electron chi connectivity index (χ2n) is 6.71. The number of benzene rings is 1.